The first-order valence-electron chi connectivity index (χ1n) is 12.1. The van der Waals surface area contributed by atoms with Gasteiger partial charge in [0.25, 0.3) is 5.91 Å². The number of hydrogen-bond acceptors (Lipinski definition) is 6. The molecule has 1 saturated heterocycles. The van der Waals surface area contributed by atoms with E-state index in [4.69, 9.17) is 14.4 Å². The minimum Gasteiger partial charge on any atom is -0.459 e. The van der Waals surface area contributed by atoms with Gasteiger partial charge in [-0.3, -0.25) is 4.79 Å². The molecule has 7 nitrogen and oxygen atoms in total. The minimum absolute atomic E-state index is 0.0630. The Morgan fingerprint density at radius 3 is 2.48 bits per heavy atom. The zero-order valence-corrected chi connectivity index (χ0v) is 18.9. The van der Waals surface area contributed by atoms with E-state index in [1.165, 1.54) is 30.4 Å². The Labute approximate surface area is 194 Å². The smallest absolute Gasteiger partial charge is 0.289 e. The molecule has 0 N–H and O–H groups in total. The third-order valence-corrected chi connectivity index (χ3v) is 7.11. The average Bonchev–Trinajstić information content (AvgIpc) is 3.43. The fraction of sp³-hybridized carbons (Fsp3) is 0.423. The monoisotopic (exact) mass is 443 g/mol. The molecule has 0 atom stereocenters. The molecule has 0 spiro atoms. The molecule has 7 heteroatoms. The molecule has 33 heavy (non-hydrogen) atoms. The topological polar surface area (TPSA) is 65.7 Å². The largest absolute Gasteiger partial charge is 0.459 e. The van der Waals surface area contributed by atoms with E-state index >= 15 is 0 Å². The molecule has 1 fully saturated rings. The zero-order chi connectivity index (χ0) is 22.2. The first kappa shape index (κ1) is 20.3. The Morgan fingerprint density at radius 2 is 1.67 bits per heavy atom. The fourth-order valence-electron chi connectivity index (χ4n) is 5.29. The van der Waals surface area contributed by atoms with Crippen LogP contribution in [0, 0.1) is 0 Å². The highest BCUT2D eigenvalue weighted by Gasteiger charge is 2.31. The van der Waals surface area contributed by atoms with Gasteiger partial charge in [0, 0.05) is 44.7 Å². The van der Waals surface area contributed by atoms with Crippen LogP contribution in [0.15, 0.2) is 47.1 Å². The molecule has 1 amide bonds. The summed E-state index contributed by atoms with van der Waals surface area (Å²) in [5.41, 5.74) is 4.97. The molecule has 0 saturated carbocycles. The van der Waals surface area contributed by atoms with Crippen molar-refractivity contribution >= 4 is 17.7 Å². The number of rotatable bonds is 3. The standard InChI is InChI=1S/C26H29N5O2/c32-25(23-9-6-16-33-23)30-15-11-22-21(18-30)24(29-12-4-1-5-13-29)28-26(27-22)31-14-10-19-7-2-3-8-20(19)17-31/h2-3,6-9,16H,1,4-5,10-15,17-18H2. The maximum atomic E-state index is 13.0. The molecule has 0 radical (unpaired) electrons. The van der Waals surface area contributed by atoms with Gasteiger partial charge in [0.2, 0.25) is 5.95 Å². The maximum Gasteiger partial charge on any atom is 0.289 e. The Balaban J connectivity index is 1.34. The van der Waals surface area contributed by atoms with E-state index in [2.05, 4.69) is 34.1 Å². The summed E-state index contributed by atoms with van der Waals surface area (Å²) in [4.78, 5) is 29.7. The lowest BCUT2D eigenvalue weighted by Gasteiger charge is -2.36. The van der Waals surface area contributed by atoms with Gasteiger partial charge < -0.3 is 19.1 Å². The average molecular weight is 444 g/mol. The summed E-state index contributed by atoms with van der Waals surface area (Å²) in [6.07, 6.45) is 6.93. The fourth-order valence-corrected chi connectivity index (χ4v) is 5.29. The predicted molar refractivity (Wildman–Crippen MR) is 126 cm³/mol. The van der Waals surface area contributed by atoms with E-state index in [0.717, 1.165) is 62.0 Å². The van der Waals surface area contributed by atoms with Crippen molar-refractivity contribution in [1.29, 1.82) is 0 Å². The van der Waals surface area contributed by atoms with Crippen LogP contribution < -0.4 is 9.80 Å². The van der Waals surface area contributed by atoms with Gasteiger partial charge in [-0.25, -0.2) is 4.98 Å². The van der Waals surface area contributed by atoms with Gasteiger partial charge in [-0.05, 0) is 48.9 Å². The van der Waals surface area contributed by atoms with E-state index in [0.29, 0.717) is 18.8 Å². The minimum atomic E-state index is -0.0630. The van der Waals surface area contributed by atoms with Gasteiger partial charge in [0.15, 0.2) is 5.76 Å². The summed E-state index contributed by atoms with van der Waals surface area (Å²) in [6.45, 7) is 4.97. The summed E-state index contributed by atoms with van der Waals surface area (Å²) in [5.74, 6) is 2.18. The number of nitrogens with zero attached hydrogens (tertiary/aromatic N) is 5. The number of amides is 1. The molecular weight excluding hydrogens is 414 g/mol. The second-order valence-electron chi connectivity index (χ2n) is 9.21. The molecule has 0 aliphatic carbocycles. The van der Waals surface area contributed by atoms with Gasteiger partial charge in [-0.15, -0.1) is 0 Å². The van der Waals surface area contributed by atoms with Crippen LogP contribution in [-0.4, -0.2) is 47.0 Å². The summed E-state index contributed by atoms with van der Waals surface area (Å²) in [5, 5.41) is 0. The molecule has 0 unspecified atom stereocenters. The third kappa shape index (κ3) is 3.86. The van der Waals surface area contributed by atoms with Gasteiger partial charge >= 0.3 is 0 Å². The predicted octanol–water partition coefficient (Wildman–Crippen LogP) is 3.82. The number of carbonyl (C=O) groups is 1. The molecule has 3 aromatic rings. The van der Waals surface area contributed by atoms with Crippen LogP contribution in [0.3, 0.4) is 0 Å². The summed E-state index contributed by atoms with van der Waals surface area (Å²) in [6, 6.07) is 12.2. The lowest BCUT2D eigenvalue weighted by atomic mass is 10.00. The van der Waals surface area contributed by atoms with Crippen molar-refractivity contribution in [1.82, 2.24) is 14.9 Å². The zero-order valence-electron chi connectivity index (χ0n) is 18.9. The molecule has 3 aliphatic heterocycles. The van der Waals surface area contributed by atoms with Crippen molar-refractivity contribution in [3.8, 4) is 0 Å². The Bertz CT molecular complexity index is 1150. The highest BCUT2D eigenvalue weighted by atomic mass is 16.3. The summed E-state index contributed by atoms with van der Waals surface area (Å²) >= 11 is 0. The SMILES string of the molecule is O=C(c1ccco1)N1CCc2nc(N3CCc4ccccc4C3)nc(N3CCCCC3)c2C1. The van der Waals surface area contributed by atoms with Crippen molar-refractivity contribution in [3.05, 3.63) is 70.8 Å². The molecule has 3 aliphatic rings. The van der Waals surface area contributed by atoms with E-state index in [-0.39, 0.29) is 5.91 Å². The number of aromatic nitrogens is 2. The Hall–Kier alpha value is -3.35. The second kappa shape index (κ2) is 8.54. The van der Waals surface area contributed by atoms with Crippen LogP contribution in [0.4, 0.5) is 11.8 Å². The van der Waals surface area contributed by atoms with Crippen LogP contribution in [0.25, 0.3) is 0 Å². The summed E-state index contributed by atoms with van der Waals surface area (Å²) in [7, 11) is 0. The van der Waals surface area contributed by atoms with Crippen LogP contribution in [0.2, 0.25) is 0 Å². The van der Waals surface area contributed by atoms with Crippen molar-refractivity contribution < 1.29 is 9.21 Å². The van der Waals surface area contributed by atoms with Crippen molar-refractivity contribution in [3.63, 3.8) is 0 Å². The van der Waals surface area contributed by atoms with Gasteiger partial charge in [0.05, 0.1) is 18.5 Å². The number of fused-ring (bicyclic) bond motifs is 2. The van der Waals surface area contributed by atoms with Gasteiger partial charge in [0.1, 0.15) is 5.82 Å². The number of furan rings is 1. The number of hydrogen-bond donors (Lipinski definition) is 0. The molecule has 0 bridgehead atoms. The van der Waals surface area contributed by atoms with Crippen molar-refractivity contribution in [2.45, 2.75) is 45.2 Å². The highest BCUT2D eigenvalue weighted by Crippen LogP contribution is 2.32. The van der Waals surface area contributed by atoms with Gasteiger partial charge in [-0.1, -0.05) is 24.3 Å². The van der Waals surface area contributed by atoms with Crippen LogP contribution >= 0.6 is 0 Å². The van der Waals surface area contributed by atoms with E-state index in [1.807, 2.05) is 4.90 Å². The number of benzene rings is 1. The quantitative estimate of drug-likeness (QED) is 0.613. The number of anilines is 2. The molecule has 6 rings (SSSR count). The lowest BCUT2D eigenvalue weighted by molar-refractivity contribution is 0.0701. The van der Waals surface area contributed by atoms with Crippen molar-refractivity contribution in [2.75, 3.05) is 36.0 Å². The van der Waals surface area contributed by atoms with Crippen LogP contribution in [0.1, 0.15) is 52.2 Å². The van der Waals surface area contributed by atoms with E-state index in [9.17, 15) is 4.79 Å². The number of carbonyl (C=O) groups excluding carboxylic acids is 1. The molecule has 170 valence electrons. The maximum absolute atomic E-state index is 13.0. The lowest BCUT2D eigenvalue weighted by Crippen LogP contribution is -2.40. The Morgan fingerprint density at radius 1 is 0.818 bits per heavy atom. The van der Waals surface area contributed by atoms with Crippen LogP contribution in [-0.2, 0) is 25.9 Å². The third-order valence-electron chi connectivity index (χ3n) is 7.11. The Kier molecular flexibility index (Phi) is 5.24. The first-order chi connectivity index (χ1) is 16.3. The van der Waals surface area contributed by atoms with Gasteiger partial charge in [-0.2, -0.15) is 4.98 Å². The molecule has 5 heterocycles. The van der Waals surface area contributed by atoms with E-state index < -0.39 is 0 Å². The van der Waals surface area contributed by atoms with E-state index in [1.54, 1.807) is 18.4 Å². The highest BCUT2D eigenvalue weighted by molar-refractivity contribution is 5.91. The normalized spacial score (nSPS) is 18.1. The summed E-state index contributed by atoms with van der Waals surface area (Å²) < 4.78 is 5.37. The molecule has 2 aromatic heterocycles. The molecular formula is C26H29N5O2. The second-order valence-corrected chi connectivity index (χ2v) is 9.21. The molecule has 1 aromatic carbocycles. The number of piperidine rings is 1. The van der Waals surface area contributed by atoms with Crippen molar-refractivity contribution in [2.24, 2.45) is 0 Å². The first-order valence-corrected chi connectivity index (χ1v) is 12.1. The van der Waals surface area contributed by atoms with Crippen LogP contribution in [0.5, 0.6) is 0 Å².